The molecule has 19 heavy (non-hydrogen) atoms. The smallest absolute Gasteiger partial charge is 0.252 e. The second-order valence-corrected chi connectivity index (χ2v) is 7.96. The van der Waals surface area contributed by atoms with Crippen LogP contribution in [0.15, 0.2) is 15.7 Å². The number of hydrogen-bond donors (Lipinski definition) is 0. The fourth-order valence-electron chi connectivity index (χ4n) is 1.60. The zero-order chi connectivity index (χ0) is 14.5. The zero-order valence-corrected chi connectivity index (χ0v) is 14.0. The second-order valence-electron chi connectivity index (χ2n) is 4.61. The van der Waals surface area contributed by atoms with Crippen molar-refractivity contribution >= 4 is 33.0 Å². The molecule has 0 N–H and O–H groups in total. The van der Waals surface area contributed by atoms with E-state index in [0.29, 0.717) is 29.7 Å². The van der Waals surface area contributed by atoms with E-state index in [0.717, 1.165) is 12.0 Å². The summed E-state index contributed by atoms with van der Waals surface area (Å²) >= 11 is 6.97. The number of thiophene rings is 1. The van der Waals surface area contributed by atoms with E-state index < -0.39 is 10.0 Å². The SMILES string of the molecule is CCCN(CCN(C)C)S(=O)(=O)c1cc(CCl)cs1. The Morgan fingerprint density at radius 1 is 1.26 bits per heavy atom. The highest BCUT2D eigenvalue weighted by molar-refractivity contribution is 7.91. The molecule has 0 aliphatic heterocycles. The lowest BCUT2D eigenvalue weighted by Gasteiger charge is -2.22. The normalized spacial score (nSPS) is 12.5. The van der Waals surface area contributed by atoms with E-state index in [9.17, 15) is 8.42 Å². The van der Waals surface area contributed by atoms with Crippen LogP contribution in [0.3, 0.4) is 0 Å². The number of hydrogen-bond acceptors (Lipinski definition) is 4. The first kappa shape index (κ1) is 16.9. The summed E-state index contributed by atoms with van der Waals surface area (Å²) in [5.41, 5.74) is 0.856. The highest BCUT2D eigenvalue weighted by atomic mass is 35.5. The van der Waals surface area contributed by atoms with Crippen molar-refractivity contribution in [3.63, 3.8) is 0 Å². The molecule has 1 aromatic heterocycles. The van der Waals surface area contributed by atoms with Crippen molar-refractivity contribution in [1.29, 1.82) is 0 Å². The van der Waals surface area contributed by atoms with Crippen LogP contribution in [0, 0.1) is 0 Å². The Balaban J connectivity index is 2.91. The molecule has 0 saturated carbocycles. The number of likely N-dealkylation sites (N-methyl/N-ethyl adjacent to an activating group) is 1. The van der Waals surface area contributed by atoms with Crippen LogP contribution in [-0.2, 0) is 15.9 Å². The van der Waals surface area contributed by atoms with Crippen LogP contribution in [-0.4, -0.2) is 51.4 Å². The van der Waals surface area contributed by atoms with E-state index in [-0.39, 0.29) is 0 Å². The number of sulfonamides is 1. The van der Waals surface area contributed by atoms with Crippen LogP contribution in [0.5, 0.6) is 0 Å². The minimum absolute atomic E-state index is 0.345. The molecular weight excluding hydrogens is 304 g/mol. The number of halogens is 1. The van der Waals surface area contributed by atoms with E-state index in [1.807, 2.05) is 25.9 Å². The van der Waals surface area contributed by atoms with Gasteiger partial charge in [0.2, 0.25) is 0 Å². The molecule has 4 nitrogen and oxygen atoms in total. The van der Waals surface area contributed by atoms with E-state index in [2.05, 4.69) is 0 Å². The molecule has 1 rings (SSSR count). The summed E-state index contributed by atoms with van der Waals surface area (Å²) in [6.45, 7) is 3.76. The molecule has 0 radical (unpaired) electrons. The third-order valence-electron chi connectivity index (χ3n) is 2.65. The van der Waals surface area contributed by atoms with Gasteiger partial charge in [-0.15, -0.1) is 22.9 Å². The lowest BCUT2D eigenvalue weighted by molar-refractivity contribution is 0.333. The molecule has 0 bridgehead atoms. The van der Waals surface area contributed by atoms with Gasteiger partial charge in [-0.2, -0.15) is 4.31 Å². The molecule has 0 unspecified atom stereocenters. The van der Waals surface area contributed by atoms with Crippen molar-refractivity contribution in [3.05, 3.63) is 17.0 Å². The van der Waals surface area contributed by atoms with Crippen molar-refractivity contribution < 1.29 is 8.42 Å². The first-order chi connectivity index (χ1) is 8.91. The zero-order valence-electron chi connectivity index (χ0n) is 11.6. The maximum atomic E-state index is 12.5. The lowest BCUT2D eigenvalue weighted by Crippen LogP contribution is -2.36. The molecule has 1 heterocycles. The predicted molar refractivity (Wildman–Crippen MR) is 81.5 cm³/mol. The summed E-state index contributed by atoms with van der Waals surface area (Å²) in [7, 11) is 0.494. The Labute approximate surface area is 125 Å². The summed E-state index contributed by atoms with van der Waals surface area (Å²) in [6.07, 6.45) is 0.806. The molecule has 1 aromatic rings. The Kier molecular flexibility index (Phi) is 6.76. The van der Waals surface area contributed by atoms with E-state index in [4.69, 9.17) is 11.6 Å². The Morgan fingerprint density at radius 2 is 1.95 bits per heavy atom. The average molecular weight is 325 g/mol. The van der Waals surface area contributed by atoms with Gasteiger partial charge < -0.3 is 4.90 Å². The number of rotatable bonds is 8. The van der Waals surface area contributed by atoms with Crippen molar-refractivity contribution in [2.24, 2.45) is 0 Å². The van der Waals surface area contributed by atoms with E-state index in [1.165, 1.54) is 11.3 Å². The van der Waals surface area contributed by atoms with Crippen molar-refractivity contribution in [3.8, 4) is 0 Å². The van der Waals surface area contributed by atoms with Gasteiger partial charge in [-0.1, -0.05) is 6.92 Å². The molecular formula is C12H21ClN2O2S2. The maximum Gasteiger partial charge on any atom is 0.252 e. The summed E-state index contributed by atoms with van der Waals surface area (Å²) in [6, 6.07) is 1.67. The summed E-state index contributed by atoms with van der Waals surface area (Å²) in [4.78, 5) is 1.98. The Hall–Kier alpha value is -0.140. The summed E-state index contributed by atoms with van der Waals surface area (Å²) in [5.74, 6) is 0.345. The molecule has 0 fully saturated rings. The quantitative estimate of drug-likeness (QED) is 0.690. The summed E-state index contributed by atoms with van der Waals surface area (Å²) < 4.78 is 27.0. The highest BCUT2D eigenvalue weighted by Gasteiger charge is 2.25. The van der Waals surface area contributed by atoms with Crippen molar-refractivity contribution in [2.45, 2.75) is 23.4 Å². The maximum absolute atomic E-state index is 12.5. The van der Waals surface area contributed by atoms with Gasteiger partial charge in [-0.3, -0.25) is 0 Å². The van der Waals surface area contributed by atoms with Crippen LogP contribution in [0.2, 0.25) is 0 Å². The minimum Gasteiger partial charge on any atom is -0.308 e. The fourth-order valence-corrected chi connectivity index (χ4v) is 4.73. The van der Waals surface area contributed by atoms with Gasteiger partial charge in [0.1, 0.15) is 4.21 Å². The second kappa shape index (κ2) is 7.59. The first-order valence-electron chi connectivity index (χ1n) is 6.20. The Morgan fingerprint density at radius 3 is 2.42 bits per heavy atom. The van der Waals surface area contributed by atoms with Crippen LogP contribution < -0.4 is 0 Å². The van der Waals surface area contributed by atoms with Gasteiger partial charge in [-0.25, -0.2) is 8.42 Å². The van der Waals surface area contributed by atoms with Gasteiger partial charge in [0.05, 0.1) is 0 Å². The van der Waals surface area contributed by atoms with Crippen LogP contribution in [0.25, 0.3) is 0 Å². The molecule has 0 spiro atoms. The number of alkyl halides is 1. The van der Waals surface area contributed by atoms with Crippen LogP contribution >= 0.6 is 22.9 Å². The topological polar surface area (TPSA) is 40.6 Å². The number of nitrogens with zero attached hydrogens (tertiary/aromatic N) is 2. The standard InChI is InChI=1S/C12H21ClN2O2S2/c1-4-5-15(7-6-14(2)3)19(16,17)12-8-11(9-13)10-18-12/h8,10H,4-7,9H2,1-3H3. The average Bonchev–Trinajstić information content (AvgIpc) is 2.83. The van der Waals surface area contributed by atoms with Gasteiger partial charge in [0.15, 0.2) is 0 Å². The molecule has 0 aliphatic rings. The van der Waals surface area contributed by atoms with Gasteiger partial charge in [0, 0.05) is 25.5 Å². The van der Waals surface area contributed by atoms with Gasteiger partial charge >= 0.3 is 0 Å². The van der Waals surface area contributed by atoms with Crippen molar-refractivity contribution in [1.82, 2.24) is 9.21 Å². The molecule has 7 heteroatoms. The monoisotopic (exact) mass is 324 g/mol. The Bertz CT molecular complexity index is 486. The molecule has 0 atom stereocenters. The lowest BCUT2D eigenvalue weighted by atomic mass is 10.4. The molecule has 110 valence electrons. The third kappa shape index (κ3) is 4.72. The molecule has 0 saturated heterocycles. The van der Waals surface area contributed by atoms with Crippen LogP contribution in [0.1, 0.15) is 18.9 Å². The predicted octanol–water partition coefficient (Wildman–Crippen LogP) is 2.45. The van der Waals surface area contributed by atoms with Gasteiger partial charge in [-0.05, 0) is 37.5 Å². The van der Waals surface area contributed by atoms with E-state index >= 15 is 0 Å². The van der Waals surface area contributed by atoms with Crippen molar-refractivity contribution in [2.75, 3.05) is 33.7 Å². The summed E-state index contributed by atoms with van der Waals surface area (Å²) in [5, 5.41) is 1.80. The van der Waals surface area contributed by atoms with Crippen LogP contribution in [0.4, 0.5) is 0 Å². The minimum atomic E-state index is -3.38. The molecule has 0 aliphatic carbocycles. The highest BCUT2D eigenvalue weighted by Crippen LogP contribution is 2.25. The van der Waals surface area contributed by atoms with Gasteiger partial charge in [0.25, 0.3) is 10.0 Å². The van der Waals surface area contributed by atoms with E-state index in [1.54, 1.807) is 15.8 Å². The molecule has 0 amide bonds. The third-order valence-corrected chi connectivity index (χ3v) is 6.32. The fraction of sp³-hybridized carbons (Fsp3) is 0.667. The largest absolute Gasteiger partial charge is 0.308 e. The first-order valence-corrected chi connectivity index (χ1v) is 9.05. The molecule has 0 aromatic carbocycles.